The predicted octanol–water partition coefficient (Wildman–Crippen LogP) is 3.76. The highest BCUT2D eigenvalue weighted by Gasteiger charge is 2.28. The zero-order chi connectivity index (χ0) is 20.7. The Hall–Kier alpha value is -3.35. The summed E-state index contributed by atoms with van der Waals surface area (Å²) < 4.78 is 26.3. The molecule has 3 aromatic rings. The van der Waals surface area contributed by atoms with Crippen molar-refractivity contribution < 1.29 is 18.7 Å². The van der Waals surface area contributed by atoms with Gasteiger partial charge < -0.3 is 14.8 Å². The third-order valence-corrected chi connectivity index (χ3v) is 5.63. The molecule has 5 rings (SSSR count). The first kappa shape index (κ1) is 18.7. The molecule has 1 atom stereocenters. The number of nitrogens with one attached hydrogen (secondary N) is 1. The SMILES string of the molecule is CC(NC(=O)c1nn(-c2ccc(F)cc2)c2c1CCC2)c1ccc2c(c1)OCCO2. The summed E-state index contributed by atoms with van der Waals surface area (Å²) in [7, 11) is 0. The number of aromatic nitrogens is 2. The van der Waals surface area contributed by atoms with Gasteiger partial charge in [0.05, 0.1) is 11.7 Å². The third kappa shape index (κ3) is 3.30. The van der Waals surface area contributed by atoms with Crippen molar-refractivity contribution in [2.24, 2.45) is 0 Å². The van der Waals surface area contributed by atoms with Crippen LogP contribution in [-0.2, 0) is 12.8 Å². The van der Waals surface area contributed by atoms with Crippen LogP contribution in [0.1, 0.15) is 46.7 Å². The molecule has 1 aliphatic heterocycles. The average Bonchev–Trinajstić information content (AvgIpc) is 3.37. The first-order chi connectivity index (χ1) is 14.6. The second-order valence-electron chi connectivity index (χ2n) is 7.61. The van der Waals surface area contributed by atoms with Crippen molar-refractivity contribution in [2.75, 3.05) is 13.2 Å². The number of hydrogen-bond acceptors (Lipinski definition) is 4. The normalized spacial score (nSPS) is 15.5. The van der Waals surface area contributed by atoms with Crippen molar-refractivity contribution >= 4 is 5.91 Å². The van der Waals surface area contributed by atoms with E-state index in [1.165, 1.54) is 12.1 Å². The van der Waals surface area contributed by atoms with E-state index >= 15 is 0 Å². The van der Waals surface area contributed by atoms with Gasteiger partial charge in [-0.1, -0.05) is 6.07 Å². The summed E-state index contributed by atoms with van der Waals surface area (Å²) in [6.45, 7) is 2.99. The van der Waals surface area contributed by atoms with Crippen LogP contribution in [0.25, 0.3) is 5.69 Å². The number of rotatable bonds is 4. The average molecular weight is 407 g/mol. The van der Waals surface area contributed by atoms with Gasteiger partial charge in [0, 0.05) is 11.3 Å². The Morgan fingerprint density at radius 2 is 1.87 bits per heavy atom. The summed E-state index contributed by atoms with van der Waals surface area (Å²) in [5, 5.41) is 7.64. The van der Waals surface area contributed by atoms with Crippen molar-refractivity contribution in [3.05, 3.63) is 70.8 Å². The zero-order valence-electron chi connectivity index (χ0n) is 16.7. The van der Waals surface area contributed by atoms with Crippen molar-refractivity contribution in [3.8, 4) is 17.2 Å². The quantitative estimate of drug-likeness (QED) is 0.715. The van der Waals surface area contributed by atoms with Gasteiger partial charge >= 0.3 is 0 Å². The fourth-order valence-electron chi connectivity index (χ4n) is 4.09. The molecule has 1 N–H and O–H groups in total. The molecule has 7 heteroatoms. The third-order valence-electron chi connectivity index (χ3n) is 5.63. The van der Waals surface area contributed by atoms with Crippen LogP contribution in [0.2, 0.25) is 0 Å². The molecule has 1 aliphatic carbocycles. The van der Waals surface area contributed by atoms with E-state index in [-0.39, 0.29) is 17.8 Å². The van der Waals surface area contributed by atoms with Gasteiger partial charge in [-0.05, 0) is 68.1 Å². The number of nitrogens with zero attached hydrogens (tertiary/aromatic N) is 2. The highest BCUT2D eigenvalue weighted by molar-refractivity contribution is 5.94. The first-order valence-corrected chi connectivity index (χ1v) is 10.2. The molecular weight excluding hydrogens is 385 g/mol. The lowest BCUT2D eigenvalue weighted by Crippen LogP contribution is -2.28. The minimum atomic E-state index is -0.297. The van der Waals surface area contributed by atoms with Gasteiger partial charge in [0.15, 0.2) is 17.2 Å². The lowest BCUT2D eigenvalue weighted by molar-refractivity contribution is 0.0933. The van der Waals surface area contributed by atoms with E-state index in [2.05, 4.69) is 10.4 Å². The summed E-state index contributed by atoms with van der Waals surface area (Å²) >= 11 is 0. The van der Waals surface area contributed by atoms with Gasteiger partial charge in [0.1, 0.15) is 19.0 Å². The summed E-state index contributed by atoms with van der Waals surface area (Å²) in [6.07, 6.45) is 2.65. The van der Waals surface area contributed by atoms with Crippen LogP contribution >= 0.6 is 0 Å². The van der Waals surface area contributed by atoms with Crippen LogP contribution in [0.15, 0.2) is 42.5 Å². The van der Waals surface area contributed by atoms with E-state index in [0.29, 0.717) is 24.7 Å². The molecule has 0 saturated heterocycles. The van der Waals surface area contributed by atoms with Crippen LogP contribution in [0.4, 0.5) is 4.39 Å². The molecule has 1 amide bonds. The van der Waals surface area contributed by atoms with E-state index in [1.807, 2.05) is 25.1 Å². The molecule has 2 aliphatic rings. The Morgan fingerprint density at radius 1 is 1.10 bits per heavy atom. The van der Waals surface area contributed by atoms with Gasteiger partial charge in [0.25, 0.3) is 5.91 Å². The summed E-state index contributed by atoms with van der Waals surface area (Å²) in [5.41, 5.74) is 4.14. The van der Waals surface area contributed by atoms with E-state index in [1.54, 1.807) is 16.8 Å². The van der Waals surface area contributed by atoms with Gasteiger partial charge in [-0.25, -0.2) is 9.07 Å². The lowest BCUT2D eigenvalue weighted by Gasteiger charge is -2.21. The summed E-state index contributed by atoms with van der Waals surface area (Å²) in [4.78, 5) is 13.1. The van der Waals surface area contributed by atoms with E-state index < -0.39 is 0 Å². The van der Waals surface area contributed by atoms with Crippen LogP contribution < -0.4 is 14.8 Å². The molecule has 1 unspecified atom stereocenters. The zero-order valence-corrected chi connectivity index (χ0v) is 16.7. The standard InChI is InChI=1S/C23H22FN3O3/c1-14(15-5-10-20-21(13-15)30-12-11-29-20)25-23(28)22-18-3-2-4-19(18)27(26-22)17-8-6-16(24)7-9-17/h5-10,13-14H,2-4,11-12H2,1H3,(H,25,28). The lowest BCUT2D eigenvalue weighted by atomic mass is 10.1. The number of benzene rings is 2. The van der Waals surface area contributed by atoms with Gasteiger partial charge in [-0.3, -0.25) is 4.79 Å². The minimum absolute atomic E-state index is 0.212. The number of fused-ring (bicyclic) bond motifs is 2. The number of halogens is 1. The maximum Gasteiger partial charge on any atom is 0.272 e. The van der Waals surface area contributed by atoms with Gasteiger partial charge in [-0.15, -0.1) is 0 Å². The fourth-order valence-corrected chi connectivity index (χ4v) is 4.09. The van der Waals surface area contributed by atoms with Crippen LogP contribution in [0.5, 0.6) is 11.5 Å². The molecule has 0 bridgehead atoms. The smallest absolute Gasteiger partial charge is 0.272 e. The van der Waals surface area contributed by atoms with Crippen LogP contribution in [-0.4, -0.2) is 28.9 Å². The second kappa shape index (κ2) is 7.48. The Morgan fingerprint density at radius 3 is 2.67 bits per heavy atom. The maximum absolute atomic E-state index is 13.3. The number of carbonyl (C=O) groups is 1. The Labute approximate surface area is 173 Å². The highest BCUT2D eigenvalue weighted by atomic mass is 19.1. The minimum Gasteiger partial charge on any atom is -0.486 e. The molecule has 0 saturated carbocycles. The number of amides is 1. The van der Waals surface area contributed by atoms with Crippen LogP contribution in [0.3, 0.4) is 0 Å². The summed E-state index contributed by atoms with van der Waals surface area (Å²) in [6, 6.07) is 11.7. The molecule has 2 heterocycles. The Bertz CT molecular complexity index is 1110. The molecular formula is C23H22FN3O3. The monoisotopic (exact) mass is 407 g/mol. The molecule has 6 nitrogen and oxygen atoms in total. The van der Waals surface area contributed by atoms with Gasteiger partial charge in [-0.2, -0.15) is 5.10 Å². The van der Waals surface area contributed by atoms with E-state index in [4.69, 9.17) is 9.47 Å². The Kier molecular flexibility index (Phi) is 4.65. The molecule has 2 aromatic carbocycles. The van der Waals surface area contributed by atoms with Crippen molar-refractivity contribution in [1.82, 2.24) is 15.1 Å². The molecule has 0 radical (unpaired) electrons. The largest absolute Gasteiger partial charge is 0.486 e. The van der Waals surface area contributed by atoms with Crippen molar-refractivity contribution in [2.45, 2.75) is 32.2 Å². The second-order valence-corrected chi connectivity index (χ2v) is 7.61. The predicted molar refractivity (Wildman–Crippen MR) is 109 cm³/mol. The first-order valence-electron chi connectivity index (χ1n) is 10.2. The molecule has 1 aromatic heterocycles. The van der Waals surface area contributed by atoms with E-state index in [9.17, 15) is 9.18 Å². The number of hydrogen-bond donors (Lipinski definition) is 1. The van der Waals surface area contributed by atoms with Gasteiger partial charge in [0.2, 0.25) is 0 Å². The molecule has 30 heavy (non-hydrogen) atoms. The topological polar surface area (TPSA) is 65.4 Å². The molecule has 0 fully saturated rings. The van der Waals surface area contributed by atoms with Crippen molar-refractivity contribution in [3.63, 3.8) is 0 Å². The number of carbonyl (C=O) groups excluding carboxylic acids is 1. The fraction of sp³-hybridized carbons (Fsp3) is 0.304. The van der Waals surface area contributed by atoms with Crippen LogP contribution in [0, 0.1) is 5.82 Å². The van der Waals surface area contributed by atoms with E-state index in [0.717, 1.165) is 47.5 Å². The summed E-state index contributed by atoms with van der Waals surface area (Å²) in [5.74, 6) is 0.908. The Balaban J connectivity index is 1.40. The maximum atomic E-state index is 13.3. The number of ether oxygens (including phenoxy) is 2. The highest BCUT2D eigenvalue weighted by Crippen LogP contribution is 2.33. The molecule has 0 spiro atoms. The molecule has 154 valence electrons. The van der Waals surface area contributed by atoms with Crippen molar-refractivity contribution in [1.29, 1.82) is 0 Å².